The van der Waals surface area contributed by atoms with Gasteiger partial charge >= 0.3 is 12.0 Å². The summed E-state index contributed by atoms with van der Waals surface area (Å²) in [6, 6.07) is 1.33. The molecule has 1 aromatic heterocycles. The molecule has 0 bridgehead atoms. The standard InChI is InChI=1S/C11H18N4O4/c1-14-9(3-4-13-14)7-12-11(18)15(5-6-19-2)8-10(16)17/h3-4H,5-8H2,1-2H3,(H,12,18)(H,16,17). The van der Waals surface area contributed by atoms with Crippen LogP contribution in [-0.4, -0.2) is 58.6 Å². The van der Waals surface area contributed by atoms with Crippen LogP contribution in [0.15, 0.2) is 12.3 Å². The normalized spacial score (nSPS) is 10.2. The molecule has 0 aliphatic carbocycles. The maximum atomic E-state index is 11.9. The lowest BCUT2D eigenvalue weighted by molar-refractivity contribution is -0.137. The topological polar surface area (TPSA) is 96.7 Å². The summed E-state index contributed by atoms with van der Waals surface area (Å²) < 4.78 is 6.48. The molecule has 0 aliphatic rings. The highest BCUT2D eigenvalue weighted by molar-refractivity contribution is 5.80. The van der Waals surface area contributed by atoms with Crippen molar-refractivity contribution in [2.45, 2.75) is 6.54 Å². The van der Waals surface area contributed by atoms with Crippen molar-refractivity contribution >= 4 is 12.0 Å². The van der Waals surface area contributed by atoms with Gasteiger partial charge in [-0.15, -0.1) is 0 Å². The smallest absolute Gasteiger partial charge is 0.323 e. The fourth-order valence-electron chi connectivity index (χ4n) is 1.47. The lowest BCUT2D eigenvalue weighted by Crippen LogP contribution is -2.44. The Bertz CT molecular complexity index is 432. The van der Waals surface area contributed by atoms with Gasteiger partial charge in [0.2, 0.25) is 0 Å². The first-order valence-corrected chi connectivity index (χ1v) is 5.75. The van der Waals surface area contributed by atoms with Crippen molar-refractivity contribution in [2.24, 2.45) is 7.05 Å². The summed E-state index contributed by atoms with van der Waals surface area (Å²) in [6.45, 7) is 0.436. The van der Waals surface area contributed by atoms with E-state index in [1.165, 1.54) is 12.0 Å². The Kier molecular flexibility index (Phi) is 5.80. The molecule has 0 fully saturated rings. The van der Waals surface area contributed by atoms with Crippen LogP contribution in [0.1, 0.15) is 5.69 Å². The highest BCUT2D eigenvalue weighted by atomic mass is 16.5. The molecule has 8 heteroatoms. The molecule has 2 amide bonds. The number of ether oxygens (including phenoxy) is 1. The van der Waals surface area contributed by atoms with Crippen LogP contribution < -0.4 is 5.32 Å². The molecule has 1 aromatic rings. The highest BCUT2D eigenvalue weighted by Crippen LogP contribution is 1.97. The number of hydrogen-bond acceptors (Lipinski definition) is 4. The summed E-state index contributed by atoms with van der Waals surface area (Å²) in [6.07, 6.45) is 1.63. The summed E-state index contributed by atoms with van der Waals surface area (Å²) in [7, 11) is 3.26. The first-order chi connectivity index (χ1) is 9.04. The minimum Gasteiger partial charge on any atom is -0.480 e. The van der Waals surface area contributed by atoms with E-state index in [9.17, 15) is 9.59 Å². The van der Waals surface area contributed by atoms with E-state index in [0.29, 0.717) is 6.54 Å². The monoisotopic (exact) mass is 270 g/mol. The van der Waals surface area contributed by atoms with Crippen LogP contribution in [0.2, 0.25) is 0 Å². The second kappa shape index (κ2) is 7.37. The van der Waals surface area contributed by atoms with Gasteiger partial charge in [-0.1, -0.05) is 0 Å². The van der Waals surface area contributed by atoms with Crippen molar-refractivity contribution in [3.8, 4) is 0 Å². The van der Waals surface area contributed by atoms with E-state index in [4.69, 9.17) is 9.84 Å². The van der Waals surface area contributed by atoms with E-state index in [0.717, 1.165) is 5.69 Å². The summed E-state index contributed by atoms with van der Waals surface area (Å²) in [4.78, 5) is 23.7. The molecule has 0 saturated heterocycles. The number of carbonyl (C=O) groups excluding carboxylic acids is 1. The predicted octanol–water partition coefficient (Wildman–Crippen LogP) is -0.337. The van der Waals surface area contributed by atoms with Gasteiger partial charge in [-0.2, -0.15) is 5.10 Å². The first-order valence-electron chi connectivity index (χ1n) is 5.75. The molecule has 0 saturated carbocycles. The van der Waals surface area contributed by atoms with Crippen molar-refractivity contribution in [3.63, 3.8) is 0 Å². The van der Waals surface area contributed by atoms with Crippen LogP contribution in [0, 0.1) is 0 Å². The molecule has 0 aliphatic heterocycles. The Morgan fingerprint density at radius 3 is 2.84 bits per heavy atom. The van der Waals surface area contributed by atoms with Crippen LogP contribution in [0.25, 0.3) is 0 Å². The van der Waals surface area contributed by atoms with Crippen LogP contribution in [0.4, 0.5) is 4.79 Å². The number of nitrogens with zero attached hydrogens (tertiary/aromatic N) is 3. The Labute approximate surface area is 110 Å². The second-order valence-electron chi connectivity index (χ2n) is 3.91. The second-order valence-corrected chi connectivity index (χ2v) is 3.91. The Morgan fingerprint density at radius 2 is 2.32 bits per heavy atom. The molecule has 2 N–H and O–H groups in total. The summed E-state index contributed by atoms with van der Waals surface area (Å²) in [5.74, 6) is -1.06. The summed E-state index contributed by atoms with van der Waals surface area (Å²) in [5.41, 5.74) is 0.829. The number of hydrogen-bond donors (Lipinski definition) is 2. The predicted molar refractivity (Wildman–Crippen MR) is 66.5 cm³/mol. The number of rotatable bonds is 7. The molecule has 0 aromatic carbocycles. The molecule has 0 atom stereocenters. The van der Waals surface area contributed by atoms with E-state index < -0.39 is 12.0 Å². The van der Waals surface area contributed by atoms with E-state index in [-0.39, 0.29) is 19.7 Å². The van der Waals surface area contributed by atoms with Crippen LogP contribution in [-0.2, 0) is 23.1 Å². The highest BCUT2D eigenvalue weighted by Gasteiger charge is 2.16. The van der Waals surface area contributed by atoms with E-state index in [1.807, 2.05) is 0 Å². The molecule has 1 rings (SSSR count). The Balaban J connectivity index is 2.51. The summed E-state index contributed by atoms with van der Waals surface area (Å²) >= 11 is 0. The first kappa shape index (κ1) is 15.0. The molecule has 0 unspecified atom stereocenters. The SMILES string of the molecule is COCCN(CC(=O)O)C(=O)NCc1ccnn1C. The van der Waals surface area contributed by atoms with Crippen LogP contribution >= 0.6 is 0 Å². The Morgan fingerprint density at radius 1 is 1.58 bits per heavy atom. The number of carboxylic acids is 1. The number of urea groups is 1. The Hall–Kier alpha value is -2.09. The number of aryl methyl sites for hydroxylation is 1. The van der Waals surface area contributed by atoms with Gasteiger partial charge in [0.15, 0.2) is 0 Å². The third-order valence-corrected chi connectivity index (χ3v) is 2.52. The quantitative estimate of drug-likeness (QED) is 0.706. The van der Waals surface area contributed by atoms with E-state index in [2.05, 4.69) is 10.4 Å². The number of aliphatic carboxylic acids is 1. The van der Waals surface area contributed by atoms with Crippen LogP contribution in [0.3, 0.4) is 0 Å². The molecule has 0 spiro atoms. The minimum atomic E-state index is -1.06. The molecule has 106 valence electrons. The molecule has 1 heterocycles. The molecule has 0 radical (unpaired) electrons. The van der Waals surface area contributed by atoms with Gasteiger partial charge in [-0.25, -0.2) is 4.79 Å². The van der Waals surface area contributed by atoms with Gasteiger partial charge in [-0.05, 0) is 6.07 Å². The van der Waals surface area contributed by atoms with Gasteiger partial charge in [-0.3, -0.25) is 9.48 Å². The largest absolute Gasteiger partial charge is 0.480 e. The van der Waals surface area contributed by atoms with Crippen molar-refractivity contribution in [1.29, 1.82) is 0 Å². The van der Waals surface area contributed by atoms with Gasteiger partial charge in [0.05, 0.1) is 18.8 Å². The molecular weight excluding hydrogens is 252 g/mol. The maximum absolute atomic E-state index is 11.9. The lowest BCUT2D eigenvalue weighted by Gasteiger charge is -2.20. The minimum absolute atomic E-state index is 0.222. The number of amides is 2. The van der Waals surface area contributed by atoms with Crippen molar-refractivity contribution in [2.75, 3.05) is 26.8 Å². The zero-order valence-corrected chi connectivity index (χ0v) is 11.0. The van der Waals surface area contributed by atoms with Gasteiger partial charge < -0.3 is 20.1 Å². The number of nitrogens with one attached hydrogen (secondary N) is 1. The molecular formula is C11H18N4O4. The van der Waals surface area contributed by atoms with Crippen molar-refractivity contribution in [1.82, 2.24) is 20.0 Å². The van der Waals surface area contributed by atoms with Gasteiger partial charge in [0, 0.05) is 26.9 Å². The fourth-order valence-corrected chi connectivity index (χ4v) is 1.47. The average molecular weight is 270 g/mol. The molecule has 8 nitrogen and oxygen atoms in total. The van der Waals surface area contributed by atoms with Crippen LogP contribution in [0.5, 0.6) is 0 Å². The van der Waals surface area contributed by atoms with Crippen molar-refractivity contribution < 1.29 is 19.4 Å². The third-order valence-electron chi connectivity index (χ3n) is 2.52. The zero-order chi connectivity index (χ0) is 14.3. The third kappa shape index (κ3) is 4.96. The van der Waals surface area contributed by atoms with Crippen molar-refractivity contribution in [3.05, 3.63) is 18.0 Å². The summed E-state index contributed by atoms with van der Waals surface area (Å²) in [5, 5.41) is 15.4. The van der Waals surface area contributed by atoms with Gasteiger partial charge in [0.1, 0.15) is 6.54 Å². The van der Waals surface area contributed by atoms with Gasteiger partial charge in [0.25, 0.3) is 0 Å². The van der Waals surface area contributed by atoms with E-state index >= 15 is 0 Å². The number of aromatic nitrogens is 2. The zero-order valence-electron chi connectivity index (χ0n) is 11.0. The number of carboxylic acid groups (broad SMARTS) is 1. The number of carbonyl (C=O) groups is 2. The lowest BCUT2D eigenvalue weighted by atomic mass is 10.4. The maximum Gasteiger partial charge on any atom is 0.323 e. The fraction of sp³-hybridized carbons (Fsp3) is 0.545. The number of methoxy groups -OCH3 is 1. The molecule has 19 heavy (non-hydrogen) atoms. The average Bonchev–Trinajstić information content (AvgIpc) is 2.76. The van der Waals surface area contributed by atoms with E-state index in [1.54, 1.807) is 24.0 Å².